The van der Waals surface area contributed by atoms with Gasteiger partial charge in [0.25, 0.3) is 11.8 Å². The molecular weight excluding hydrogens is 658 g/mol. The number of aliphatic imine (C=N–C) groups is 1. The number of carbonyl (C=O) groups excluding carboxylic acids is 2. The number of rotatable bonds is 8. The summed E-state index contributed by atoms with van der Waals surface area (Å²) in [4.78, 5) is 40.7. The highest BCUT2D eigenvalue weighted by molar-refractivity contribution is 6.15. The van der Waals surface area contributed by atoms with E-state index in [1.807, 2.05) is 77.8 Å². The first kappa shape index (κ1) is 31.6. The lowest BCUT2D eigenvalue weighted by Gasteiger charge is -2.22. The first-order chi connectivity index (χ1) is 25.5. The lowest BCUT2D eigenvalue weighted by Crippen LogP contribution is -2.39. The van der Waals surface area contributed by atoms with Gasteiger partial charge in [-0.25, -0.2) is 0 Å². The van der Waals surface area contributed by atoms with E-state index in [-0.39, 0.29) is 37.1 Å². The number of amides is 2. The molecule has 2 amide bonds. The number of hydrogen-bond donors (Lipinski definition) is 1. The summed E-state index contributed by atoms with van der Waals surface area (Å²) < 4.78 is 23.8. The molecule has 9 rings (SSSR count). The Morgan fingerprint density at radius 1 is 0.692 bits per heavy atom. The standard InChI is InChI=1S/C41H35N5O6/c1-49-36-16-30-32(42-20-28-14-24-8-3-5-12-34(24)45(28)40(30)47)18-38(36)51-22-26-10-7-11-27(44-26)23-52-39-19-33-31(17-37(39)50-2)41(48)46-29(21-43-33)15-25-9-4-6-13-35(25)46/h3-13,16-20,28-29,43H,14-15,21-23H2,1-2H3/t28-,29-/m0/s1. The first-order valence-electron chi connectivity index (χ1n) is 17.2. The van der Waals surface area contributed by atoms with Gasteiger partial charge in [-0.3, -0.25) is 24.5 Å². The Kier molecular flexibility index (Phi) is 7.75. The number of nitrogens with zero attached hydrogens (tertiary/aromatic N) is 4. The monoisotopic (exact) mass is 693 g/mol. The summed E-state index contributed by atoms with van der Waals surface area (Å²) in [5.74, 6) is 1.66. The Bertz CT molecular complexity index is 2290. The fraction of sp³-hybridized carbons (Fsp3) is 0.220. The summed E-state index contributed by atoms with van der Waals surface area (Å²) in [6, 6.07) is 28.5. The van der Waals surface area contributed by atoms with Crippen LogP contribution in [0, 0.1) is 0 Å². The Balaban J connectivity index is 0.903. The van der Waals surface area contributed by atoms with Crippen LogP contribution in [0.3, 0.4) is 0 Å². The van der Waals surface area contributed by atoms with Crippen LogP contribution in [0.4, 0.5) is 22.7 Å². The van der Waals surface area contributed by atoms with Gasteiger partial charge < -0.3 is 29.2 Å². The fourth-order valence-corrected chi connectivity index (χ4v) is 7.59. The van der Waals surface area contributed by atoms with Gasteiger partial charge in [0.2, 0.25) is 0 Å². The second kappa shape index (κ2) is 12.8. The van der Waals surface area contributed by atoms with Crippen LogP contribution in [0.25, 0.3) is 0 Å². The van der Waals surface area contributed by atoms with E-state index in [4.69, 9.17) is 28.9 Å². The zero-order valence-electron chi connectivity index (χ0n) is 28.7. The minimum atomic E-state index is -0.151. The highest BCUT2D eigenvalue weighted by atomic mass is 16.5. The molecule has 4 aromatic carbocycles. The molecule has 11 nitrogen and oxygen atoms in total. The number of benzene rings is 4. The fourth-order valence-electron chi connectivity index (χ4n) is 7.59. The number of anilines is 3. The van der Waals surface area contributed by atoms with Gasteiger partial charge >= 0.3 is 0 Å². The maximum absolute atomic E-state index is 13.8. The predicted octanol–water partition coefficient (Wildman–Crippen LogP) is 6.54. The van der Waals surface area contributed by atoms with Crippen LogP contribution in [0.1, 0.15) is 43.2 Å². The maximum Gasteiger partial charge on any atom is 0.261 e. The van der Waals surface area contributed by atoms with Crippen LogP contribution in [-0.2, 0) is 26.1 Å². The molecule has 0 spiro atoms. The van der Waals surface area contributed by atoms with Crippen molar-refractivity contribution in [2.45, 2.75) is 38.1 Å². The number of methoxy groups -OCH3 is 2. The zero-order valence-corrected chi connectivity index (χ0v) is 28.7. The topological polar surface area (TPSA) is 115 Å². The van der Waals surface area contributed by atoms with Crippen molar-refractivity contribution < 1.29 is 28.5 Å². The number of fused-ring (bicyclic) bond motifs is 8. The smallest absolute Gasteiger partial charge is 0.261 e. The van der Waals surface area contributed by atoms with Gasteiger partial charge in [0.15, 0.2) is 23.0 Å². The molecule has 0 fully saturated rings. The van der Waals surface area contributed by atoms with Gasteiger partial charge in [-0.05, 0) is 53.9 Å². The molecule has 11 heteroatoms. The van der Waals surface area contributed by atoms with Crippen molar-refractivity contribution in [3.05, 3.63) is 125 Å². The van der Waals surface area contributed by atoms with Gasteiger partial charge in [0.1, 0.15) is 13.2 Å². The molecule has 0 aliphatic carbocycles. The molecule has 5 heterocycles. The second-order valence-electron chi connectivity index (χ2n) is 13.2. The van der Waals surface area contributed by atoms with Gasteiger partial charge in [0.05, 0.1) is 60.2 Å². The van der Waals surface area contributed by atoms with Crippen molar-refractivity contribution in [2.24, 2.45) is 4.99 Å². The number of aromatic nitrogens is 1. The minimum absolute atomic E-state index is 0.0266. The molecule has 2 atom stereocenters. The molecule has 0 unspecified atom stereocenters. The van der Waals surface area contributed by atoms with Crippen LogP contribution in [0.15, 0.2) is 96.0 Å². The van der Waals surface area contributed by atoms with Crippen LogP contribution >= 0.6 is 0 Å². The van der Waals surface area contributed by atoms with E-state index in [1.165, 1.54) is 5.56 Å². The third kappa shape index (κ3) is 5.36. The molecule has 0 radical (unpaired) electrons. The van der Waals surface area contributed by atoms with E-state index in [0.29, 0.717) is 63.4 Å². The second-order valence-corrected chi connectivity index (χ2v) is 13.2. The summed E-state index contributed by atoms with van der Waals surface area (Å²) in [7, 11) is 3.11. The Morgan fingerprint density at radius 2 is 1.31 bits per heavy atom. The van der Waals surface area contributed by atoms with Crippen LogP contribution < -0.4 is 34.1 Å². The number of para-hydroxylation sites is 2. The van der Waals surface area contributed by atoms with E-state index < -0.39 is 0 Å². The zero-order chi connectivity index (χ0) is 35.3. The van der Waals surface area contributed by atoms with Crippen molar-refractivity contribution >= 4 is 40.8 Å². The molecule has 0 bridgehead atoms. The molecule has 4 aliphatic heterocycles. The summed E-state index contributed by atoms with van der Waals surface area (Å²) in [6.07, 6.45) is 3.35. The Labute approximate surface area is 300 Å². The van der Waals surface area contributed by atoms with Crippen LogP contribution in [0.5, 0.6) is 23.0 Å². The number of ether oxygens (including phenoxy) is 4. The number of pyridine rings is 1. The molecule has 52 heavy (non-hydrogen) atoms. The Morgan fingerprint density at radius 3 is 2.02 bits per heavy atom. The minimum Gasteiger partial charge on any atom is -0.493 e. The molecule has 1 N–H and O–H groups in total. The van der Waals surface area contributed by atoms with Gasteiger partial charge in [-0.1, -0.05) is 42.5 Å². The van der Waals surface area contributed by atoms with Crippen molar-refractivity contribution in [1.29, 1.82) is 0 Å². The number of nitrogens with one attached hydrogen (secondary N) is 1. The van der Waals surface area contributed by atoms with Crippen molar-refractivity contribution in [2.75, 3.05) is 35.9 Å². The van der Waals surface area contributed by atoms with E-state index in [0.717, 1.165) is 29.8 Å². The average molecular weight is 694 g/mol. The molecule has 260 valence electrons. The van der Waals surface area contributed by atoms with Gasteiger partial charge in [-0.15, -0.1) is 0 Å². The summed E-state index contributed by atoms with van der Waals surface area (Å²) in [6.45, 7) is 0.935. The predicted molar refractivity (Wildman–Crippen MR) is 197 cm³/mol. The quantitative estimate of drug-likeness (QED) is 0.195. The average Bonchev–Trinajstić information content (AvgIpc) is 3.67. The molecule has 4 aliphatic rings. The van der Waals surface area contributed by atoms with E-state index in [9.17, 15) is 9.59 Å². The summed E-state index contributed by atoms with van der Waals surface area (Å²) >= 11 is 0. The van der Waals surface area contributed by atoms with Crippen molar-refractivity contribution in [3.63, 3.8) is 0 Å². The lowest BCUT2D eigenvalue weighted by atomic mass is 10.1. The van der Waals surface area contributed by atoms with E-state index in [1.54, 1.807) is 37.3 Å². The molecular formula is C41H35N5O6. The van der Waals surface area contributed by atoms with Crippen LogP contribution in [0.2, 0.25) is 0 Å². The highest BCUT2D eigenvalue weighted by Crippen LogP contribution is 2.42. The number of carbonyl (C=O) groups is 2. The van der Waals surface area contributed by atoms with Crippen LogP contribution in [-0.4, -0.2) is 55.9 Å². The summed E-state index contributed by atoms with van der Waals surface area (Å²) in [5, 5.41) is 3.47. The largest absolute Gasteiger partial charge is 0.493 e. The normalized spacial score (nSPS) is 17.8. The number of hydrogen-bond acceptors (Lipinski definition) is 9. The molecule has 5 aromatic rings. The molecule has 0 saturated heterocycles. The first-order valence-corrected chi connectivity index (χ1v) is 17.2. The maximum atomic E-state index is 13.8. The third-order valence-corrected chi connectivity index (χ3v) is 10.1. The van der Waals surface area contributed by atoms with E-state index in [2.05, 4.69) is 11.4 Å². The van der Waals surface area contributed by atoms with Gasteiger partial charge in [0, 0.05) is 42.7 Å². The summed E-state index contributed by atoms with van der Waals surface area (Å²) in [5.41, 5.74) is 7.75. The van der Waals surface area contributed by atoms with Crippen molar-refractivity contribution in [3.8, 4) is 23.0 Å². The third-order valence-electron chi connectivity index (χ3n) is 10.1. The molecule has 0 saturated carbocycles. The SMILES string of the molecule is COc1cc2c(cc1OCc1cccc(COc3cc4c(cc3OC)C(=O)N3c5ccccc5C[C@H]3CN4)n1)N=C[C@@H]1Cc3ccccc3N1C2=O. The van der Waals surface area contributed by atoms with E-state index >= 15 is 0 Å². The Hall–Kier alpha value is -6.36. The highest BCUT2D eigenvalue weighted by Gasteiger charge is 2.38. The van der Waals surface area contributed by atoms with Crippen molar-refractivity contribution in [1.82, 2.24) is 4.98 Å². The van der Waals surface area contributed by atoms with Gasteiger partial charge in [-0.2, -0.15) is 0 Å². The molecule has 1 aromatic heterocycles. The lowest BCUT2D eigenvalue weighted by molar-refractivity contribution is 0.0976.